The van der Waals surface area contributed by atoms with Crippen LogP contribution < -0.4 is 4.74 Å². The van der Waals surface area contributed by atoms with Crippen LogP contribution in [0.15, 0.2) is 48.7 Å². The van der Waals surface area contributed by atoms with E-state index in [4.69, 9.17) is 4.74 Å². The van der Waals surface area contributed by atoms with Crippen LogP contribution in [0.1, 0.15) is 36.6 Å². The fourth-order valence-corrected chi connectivity index (χ4v) is 2.33. The summed E-state index contributed by atoms with van der Waals surface area (Å²) in [5.74, 6) is 0.648. The van der Waals surface area contributed by atoms with Crippen molar-refractivity contribution in [1.82, 2.24) is 4.98 Å². The molecule has 2 aromatic rings. The van der Waals surface area contributed by atoms with Crippen LogP contribution in [0.3, 0.4) is 0 Å². The van der Waals surface area contributed by atoms with Crippen molar-refractivity contribution >= 4 is 0 Å². The fourth-order valence-electron chi connectivity index (χ4n) is 2.33. The third-order valence-electron chi connectivity index (χ3n) is 3.35. The van der Waals surface area contributed by atoms with Crippen molar-refractivity contribution in [2.75, 3.05) is 7.11 Å². The number of methoxy groups -OCH3 is 1. The maximum atomic E-state index is 10.6. The smallest absolute Gasteiger partial charge is 0.143 e. The average molecular weight is 257 g/mol. The lowest BCUT2D eigenvalue weighted by Crippen LogP contribution is -2.12. The lowest BCUT2D eigenvalue weighted by molar-refractivity contribution is 0.134. The predicted octanol–water partition coefficient (Wildman–Crippen LogP) is 3.32. The van der Waals surface area contributed by atoms with Gasteiger partial charge in [-0.3, -0.25) is 4.98 Å². The van der Waals surface area contributed by atoms with Crippen molar-refractivity contribution in [3.63, 3.8) is 0 Å². The Hall–Kier alpha value is -1.87. The second-order valence-electron chi connectivity index (χ2n) is 4.46. The molecule has 0 spiro atoms. The standard InChI is InChI=1S/C16H19NO2/c1-3-13(12-8-5-4-6-9-12)16(18)15-14(19-2)10-7-11-17-15/h4-11,13,16,18H,3H2,1-2H3. The highest BCUT2D eigenvalue weighted by Crippen LogP contribution is 2.36. The minimum Gasteiger partial charge on any atom is -0.495 e. The molecule has 2 rings (SSSR count). The summed E-state index contributed by atoms with van der Waals surface area (Å²) in [6.45, 7) is 2.07. The Morgan fingerprint density at radius 3 is 2.53 bits per heavy atom. The molecule has 2 atom stereocenters. The summed E-state index contributed by atoms with van der Waals surface area (Å²) in [7, 11) is 1.59. The van der Waals surface area contributed by atoms with Gasteiger partial charge in [0.1, 0.15) is 17.5 Å². The number of aliphatic hydroxyl groups excluding tert-OH is 1. The third kappa shape index (κ3) is 2.93. The number of benzene rings is 1. The Morgan fingerprint density at radius 1 is 1.16 bits per heavy atom. The molecule has 0 amide bonds. The molecule has 3 nitrogen and oxygen atoms in total. The SMILES string of the molecule is CCC(c1ccccc1)C(O)c1ncccc1OC. The summed E-state index contributed by atoms with van der Waals surface area (Å²) in [5, 5.41) is 10.6. The van der Waals surface area contributed by atoms with E-state index in [-0.39, 0.29) is 5.92 Å². The largest absolute Gasteiger partial charge is 0.495 e. The number of hydrogen-bond donors (Lipinski definition) is 1. The van der Waals surface area contributed by atoms with E-state index in [1.807, 2.05) is 36.4 Å². The summed E-state index contributed by atoms with van der Waals surface area (Å²) in [6, 6.07) is 13.6. The number of pyridine rings is 1. The van der Waals surface area contributed by atoms with E-state index in [0.29, 0.717) is 11.4 Å². The molecule has 0 fully saturated rings. The average Bonchev–Trinajstić information content (AvgIpc) is 2.49. The first-order chi connectivity index (χ1) is 9.27. The molecule has 0 radical (unpaired) electrons. The number of nitrogens with zero attached hydrogens (tertiary/aromatic N) is 1. The zero-order valence-corrected chi connectivity index (χ0v) is 11.3. The molecule has 2 unspecified atom stereocenters. The first kappa shape index (κ1) is 13.6. The van der Waals surface area contributed by atoms with Crippen LogP contribution in [-0.4, -0.2) is 17.2 Å². The molecule has 0 saturated heterocycles. The van der Waals surface area contributed by atoms with Crippen molar-refractivity contribution in [2.45, 2.75) is 25.4 Å². The lowest BCUT2D eigenvalue weighted by atomic mass is 9.89. The number of aromatic nitrogens is 1. The molecule has 1 N–H and O–H groups in total. The van der Waals surface area contributed by atoms with Gasteiger partial charge in [-0.1, -0.05) is 37.3 Å². The Kier molecular flexibility index (Phi) is 4.53. The van der Waals surface area contributed by atoms with E-state index in [1.165, 1.54) is 0 Å². The van der Waals surface area contributed by atoms with E-state index in [9.17, 15) is 5.11 Å². The van der Waals surface area contributed by atoms with Crippen LogP contribution in [0.25, 0.3) is 0 Å². The van der Waals surface area contributed by atoms with Gasteiger partial charge in [-0.05, 0) is 24.1 Å². The van der Waals surface area contributed by atoms with Gasteiger partial charge in [0.15, 0.2) is 0 Å². The first-order valence-electron chi connectivity index (χ1n) is 6.49. The molecule has 1 aromatic carbocycles. The lowest BCUT2D eigenvalue weighted by Gasteiger charge is -2.22. The Balaban J connectivity index is 2.33. The summed E-state index contributed by atoms with van der Waals surface area (Å²) in [4.78, 5) is 4.27. The summed E-state index contributed by atoms with van der Waals surface area (Å²) in [5.41, 5.74) is 1.71. The van der Waals surface area contributed by atoms with Gasteiger partial charge < -0.3 is 9.84 Å². The molecule has 0 aliphatic heterocycles. The van der Waals surface area contributed by atoms with Crippen molar-refractivity contribution in [3.8, 4) is 5.75 Å². The summed E-state index contributed by atoms with van der Waals surface area (Å²) in [6.07, 6.45) is 1.85. The van der Waals surface area contributed by atoms with Gasteiger partial charge in [0.05, 0.1) is 7.11 Å². The van der Waals surface area contributed by atoms with E-state index >= 15 is 0 Å². The van der Waals surface area contributed by atoms with Crippen LogP contribution in [-0.2, 0) is 0 Å². The highest BCUT2D eigenvalue weighted by atomic mass is 16.5. The summed E-state index contributed by atoms with van der Waals surface area (Å²) < 4.78 is 5.27. The van der Waals surface area contributed by atoms with Gasteiger partial charge in [-0.15, -0.1) is 0 Å². The minimum atomic E-state index is -0.663. The zero-order chi connectivity index (χ0) is 13.7. The van der Waals surface area contributed by atoms with Gasteiger partial charge in [0.25, 0.3) is 0 Å². The van der Waals surface area contributed by atoms with Crippen molar-refractivity contribution < 1.29 is 9.84 Å². The molecule has 0 saturated carbocycles. The monoisotopic (exact) mass is 257 g/mol. The highest BCUT2D eigenvalue weighted by molar-refractivity contribution is 5.32. The van der Waals surface area contributed by atoms with E-state index in [1.54, 1.807) is 19.4 Å². The molecule has 3 heteroatoms. The molecular weight excluding hydrogens is 238 g/mol. The van der Waals surface area contributed by atoms with Crippen LogP contribution in [0.2, 0.25) is 0 Å². The maximum absolute atomic E-state index is 10.6. The van der Waals surface area contributed by atoms with Crippen molar-refractivity contribution in [2.24, 2.45) is 0 Å². The van der Waals surface area contributed by atoms with Crippen LogP contribution in [0.4, 0.5) is 0 Å². The molecule has 0 aliphatic carbocycles. The molecule has 1 heterocycles. The molecule has 1 aromatic heterocycles. The van der Waals surface area contributed by atoms with Crippen LogP contribution in [0, 0.1) is 0 Å². The normalized spacial score (nSPS) is 13.8. The number of aliphatic hydroxyl groups is 1. The molecule has 0 aliphatic rings. The van der Waals surface area contributed by atoms with E-state index < -0.39 is 6.10 Å². The van der Waals surface area contributed by atoms with Gasteiger partial charge in [0, 0.05) is 12.1 Å². The second kappa shape index (κ2) is 6.34. The maximum Gasteiger partial charge on any atom is 0.143 e. The topological polar surface area (TPSA) is 42.4 Å². The van der Waals surface area contributed by atoms with Crippen LogP contribution >= 0.6 is 0 Å². The summed E-state index contributed by atoms with van der Waals surface area (Å²) >= 11 is 0. The van der Waals surface area contributed by atoms with E-state index in [2.05, 4.69) is 11.9 Å². The van der Waals surface area contributed by atoms with E-state index in [0.717, 1.165) is 12.0 Å². The Morgan fingerprint density at radius 2 is 1.89 bits per heavy atom. The molecule has 0 bridgehead atoms. The van der Waals surface area contributed by atoms with Crippen molar-refractivity contribution in [3.05, 3.63) is 59.9 Å². The third-order valence-corrected chi connectivity index (χ3v) is 3.35. The second-order valence-corrected chi connectivity index (χ2v) is 4.46. The van der Waals surface area contributed by atoms with Gasteiger partial charge in [-0.25, -0.2) is 0 Å². The number of hydrogen-bond acceptors (Lipinski definition) is 3. The quantitative estimate of drug-likeness (QED) is 0.893. The minimum absolute atomic E-state index is 0.0185. The fraction of sp³-hybridized carbons (Fsp3) is 0.312. The van der Waals surface area contributed by atoms with Gasteiger partial charge >= 0.3 is 0 Å². The molecular formula is C16H19NO2. The van der Waals surface area contributed by atoms with Crippen molar-refractivity contribution in [1.29, 1.82) is 0 Å². The number of ether oxygens (including phenoxy) is 1. The Bertz CT molecular complexity index is 513. The van der Waals surface area contributed by atoms with Gasteiger partial charge in [-0.2, -0.15) is 0 Å². The Labute approximate surface area is 113 Å². The molecule has 19 heavy (non-hydrogen) atoms. The number of rotatable bonds is 5. The predicted molar refractivity (Wildman–Crippen MR) is 75.2 cm³/mol. The highest BCUT2D eigenvalue weighted by Gasteiger charge is 2.24. The van der Waals surface area contributed by atoms with Gasteiger partial charge in [0.2, 0.25) is 0 Å². The first-order valence-corrected chi connectivity index (χ1v) is 6.49. The zero-order valence-electron chi connectivity index (χ0n) is 11.3. The van der Waals surface area contributed by atoms with Crippen LogP contribution in [0.5, 0.6) is 5.75 Å². The molecule has 100 valence electrons.